The Morgan fingerprint density at radius 2 is 2.31 bits per heavy atom. The molecule has 0 unspecified atom stereocenters. The molecule has 0 bridgehead atoms. The summed E-state index contributed by atoms with van der Waals surface area (Å²) in [6.45, 7) is 6.08. The first kappa shape index (κ1) is 10.5. The van der Waals surface area contributed by atoms with Gasteiger partial charge in [0, 0.05) is 0 Å². The summed E-state index contributed by atoms with van der Waals surface area (Å²) in [6.07, 6.45) is 0. The normalized spacial score (nSPS) is 9.77. The number of hydrogen-bond donors (Lipinski definition) is 0. The van der Waals surface area contributed by atoms with Crippen molar-refractivity contribution in [3.8, 4) is 5.75 Å². The predicted molar refractivity (Wildman–Crippen MR) is 59.4 cm³/mol. The van der Waals surface area contributed by atoms with Crippen molar-refractivity contribution in [3.63, 3.8) is 0 Å². The maximum atomic E-state index is 12.7. The summed E-state index contributed by atoms with van der Waals surface area (Å²) in [6, 6.07) is 4.45. The van der Waals surface area contributed by atoms with E-state index < -0.39 is 0 Å². The van der Waals surface area contributed by atoms with E-state index in [4.69, 9.17) is 4.74 Å². The highest BCUT2D eigenvalue weighted by Crippen LogP contribution is 2.21. The van der Waals surface area contributed by atoms with Gasteiger partial charge < -0.3 is 4.74 Å². The first-order valence-corrected chi connectivity index (χ1v) is 4.89. The van der Waals surface area contributed by atoms with Crippen LogP contribution in [0.15, 0.2) is 30.4 Å². The number of ether oxygens (including phenoxy) is 1. The monoisotopic (exact) mass is 292 g/mol. The number of rotatable bonds is 3. The van der Waals surface area contributed by atoms with Crippen LogP contribution in [0.4, 0.5) is 4.39 Å². The molecule has 70 valence electrons. The second-order valence-corrected chi connectivity index (χ2v) is 3.98. The summed E-state index contributed by atoms with van der Waals surface area (Å²) in [5.41, 5.74) is 0.945. The fraction of sp³-hybridized carbons (Fsp3) is 0.200. The molecule has 0 N–H and O–H groups in total. The van der Waals surface area contributed by atoms with E-state index in [1.807, 2.05) is 29.5 Å². The van der Waals surface area contributed by atoms with E-state index in [0.717, 1.165) is 9.14 Å². The molecule has 0 fully saturated rings. The molecule has 1 rings (SSSR count). The highest BCUT2D eigenvalue weighted by molar-refractivity contribution is 14.1. The molecule has 0 radical (unpaired) electrons. The summed E-state index contributed by atoms with van der Waals surface area (Å²) in [5, 5.41) is 0. The van der Waals surface area contributed by atoms with Gasteiger partial charge in [0.05, 0.1) is 3.57 Å². The molecule has 0 atom stereocenters. The minimum Gasteiger partial charge on any atom is -0.488 e. The Morgan fingerprint density at radius 3 is 2.85 bits per heavy atom. The summed E-state index contributed by atoms with van der Waals surface area (Å²) in [7, 11) is 0. The lowest BCUT2D eigenvalue weighted by Gasteiger charge is -2.07. The first-order chi connectivity index (χ1) is 6.09. The molecule has 0 aliphatic rings. The molecule has 0 spiro atoms. The van der Waals surface area contributed by atoms with Gasteiger partial charge >= 0.3 is 0 Å². The van der Waals surface area contributed by atoms with Crippen LogP contribution in [0, 0.1) is 9.39 Å². The average molecular weight is 292 g/mol. The van der Waals surface area contributed by atoms with Gasteiger partial charge in [-0.3, -0.25) is 0 Å². The zero-order valence-electron chi connectivity index (χ0n) is 7.31. The number of hydrogen-bond acceptors (Lipinski definition) is 1. The van der Waals surface area contributed by atoms with E-state index in [1.54, 1.807) is 6.07 Å². The summed E-state index contributed by atoms with van der Waals surface area (Å²) in [5.74, 6) is 0.456. The van der Waals surface area contributed by atoms with Gasteiger partial charge in [-0.2, -0.15) is 0 Å². The Morgan fingerprint density at radius 1 is 1.62 bits per heavy atom. The molecule has 3 heteroatoms. The van der Waals surface area contributed by atoms with Crippen LogP contribution in [0.3, 0.4) is 0 Å². The second kappa shape index (κ2) is 4.60. The first-order valence-electron chi connectivity index (χ1n) is 3.82. The van der Waals surface area contributed by atoms with E-state index >= 15 is 0 Å². The molecule has 0 heterocycles. The highest BCUT2D eigenvalue weighted by atomic mass is 127. The maximum absolute atomic E-state index is 12.7. The molecule has 0 aromatic heterocycles. The predicted octanol–water partition coefficient (Wildman–Crippen LogP) is 3.39. The Balaban J connectivity index is 2.72. The SMILES string of the molecule is C=C(C)COc1ccc(F)cc1I. The van der Waals surface area contributed by atoms with Crippen LogP contribution in [0.1, 0.15) is 6.92 Å². The van der Waals surface area contributed by atoms with Crippen molar-refractivity contribution in [1.29, 1.82) is 0 Å². The number of halogens is 2. The third-order valence-corrected chi connectivity index (χ3v) is 2.21. The van der Waals surface area contributed by atoms with Crippen molar-refractivity contribution in [3.05, 3.63) is 39.7 Å². The fourth-order valence-corrected chi connectivity index (χ4v) is 1.43. The number of benzene rings is 1. The van der Waals surface area contributed by atoms with Crippen LogP contribution in [-0.4, -0.2) is 6.61 Å². The van der Waals surface area contributed by atoms with Crippen molar-refractivity contribution in [2.75, 3.05) is 6.61 Å². The van der Waals surface area contributed by atoms with E-state index in [0.29, 0.717) is 12.4 Å². The van der Waals surface area contributed by atoms with Gasteiger partial charge in [-0.05, 0) is 53.3 Å². The van der Waals surface area contributed by atoms with Gasteiger partial charge in [-0.25, -0.2) is 4.39 Å². The molecule has 0 aliphatic carbocycles. The van der Waals surface area contributed by atoms with Crippen LogP contribution in [0.5, 0.6) is 5.75 Å². The largest absolute Gasteiger partial charge is 0.488 e. The molecule has 1 nitrogen and oxygen atoms in total. The van der Waals surface area contributed by atoms with Crippen molar-refractivity contribution < 1.29 is 9.13 Å². The lowest BCUT2D eigenvalue weighted by Crippen LogP contribution is -1.99. The molecule has 0 aliphatic heterocycles. The molecule has 1 aromatic carbocycles. The Labute approximate surface area is 90.7 Å². The standard InChI is InChI=1S/C10H10FIO/c1-7(2)6-13-10-4-3-8(11)5-9(10)12/h3-5H,1,6H2,2H3. The van der Waals surface area contributed by atoms with Crippen LogP contribution >= 0.6 is 22.6 Å². The summed E-state index contributed by atoms with van der Waals surface area (Å²) in [4.78, 5) is 0. The molecular weight excluding hydrogens is 282 g/mol. The minimum atomic E-state index is -0.243. The van der Waals surface area contributed by atoms with Crippen LogP contribution in [0.2, 0.25) is 0 Å². The maximum Gasteiger partial charge on any atom is 0.133 e. The topological polar surface area (TPSA) is 9.23 Å². The van der Waals surface area contributed by atoms with Crippen molar-refractivity contribution in [2.45, 2.75) is 6.92 Å². The van der Waals surface area contributed by atoms with Gasteiger partial charge in [-0.15, -0.1) is 0 Å². The Kier molecular flexibility index (Phi) is 3.71. The minimum absolute atomic E-state index is 0.243. The summed E-state index contributed by atoms with van der Waals surface area (Å²) < 4.78 is 18.8. The average Bonchev–Trinajstić information content (AvgIpc) is 2.02. The third-order valence-electron chi connectivity index (χ3n) is 1.37. The van der Waals surface area contributed by atoms with E-state index in [2.05, 4.69) is 6.58 Å². The van der Waals surface area contributed by atoms with Crippen molar-refractivity contribution >= 4 is 22.6 Å². The molecule has 13 heavy (non-hydrogen) atoms. The van der Waals surface area contributed by atoms with Crippen LogP contribution in [-0.2, 0) is 0 Å². The van der Waals surface area contributed by atoms with E-state index in [9.17, 15) is 4.39 Å². The van der Waals surface area contributed by atoms with Gasteiger partial charge in [-0.1, -0.05) is 6.58 Å². The van der Waals surface area contributed by atoms with Gasteiger partial charge in [0.25, 0.3) is 0 Å². The van der Waals surface area contributed by atoms with Gasteiger partial charge in [0.15, 0.2) is 0 Å². The molecule has 0 saturated heterocycles. The molecule has 0 saturated carbocycles. The highest BCUT2D eigenvalue weighted by Gasteiger charge is 2.01. The second-order valence-electron chi connectivity index (χ2n) is 2.82. The zero-order valence-corrected chi connectivity index (χ0v) is 9.47. The zero-order chi connectivity index (χ0) is 9.84. The fourth-order valence-electron chi connectivity index (χ4n) is 0.793. The van der Waals surface area contributed by atoms with Crippen molar-refractivity contribution in [1.82, 2.24) is 0 Å². The molecule has 1 aromatic rings. The third kappa shape index (κ3) is 3.34. The molecular formula is C10H10FIO. The van der Waals surface area contributed by atoms with E-state index in [-0.39, 0.29) is 5.82 Å². The lowest BCUT2D eigenvalue weighted by atomic mass is 10.3. The Bertz CT molecular complexity index is 323. The van der Waals surface area contributed by atoms with E-state index in [1.165, 1.54) is 12.1 Å². The smallest absolute Gasteiger partial charge is 0.133 e. The lowest BCUT2D eigenvalue weighted by molar-refractivity contribution is 0.349. The van der Waals surface area contributed by atoms with Gasteiger partial charge in [0.1, 0.15) is 18.2 Å². The molecule has 0 amide bonds. The van der Waals surface area contributed by atoms with Crippen LogP contribution < -0.4 is 4.74 Å². The van der Waals surface area contributed by atoms with Crippen LogP contribution in [0.25, 0.3) is 0 Å². The Hall–Kier alpha value is -0.580. The quantitative estimate of drug-likeness (QED) is 0.613. The van der Waals surface area contributed by atoms with Crippen molar-refractivity contribution in [2.24, 2.45) is 0 Å². The summed E-state index contributed by atoms with van der Waals surface area (Å²) >= 11 is 2.04. The van der Waals surface area contributed by atoms with Gasteiger partial charge in [0.2, 0.25) is 0 Å².